The van der Waals surface area contributed by atoms with Crippen LogP contribution in [-0.2, 0) is 14.4 Å². The number of nitrogens with one attached hydrogen (secondary N) is 2. The summed E-state index contributed by atoms with van der Waals surface area (Å²) >= 11 is 3.01. The van der Waals surface area contributed by atoms with E-state index >= 15 is 0 Å². The minimum absolute atomic E-state index is 0.104. The van der Waals surface area contributed by atoms with Crippen molar-refractivity contribution in [2.24, 2.45) is 5.73 Å². The topological polar surface area (TPSA) is 125 Å². The number of hydrogen-bond donors (Lipinski definition) is 4. The van der Waals surface area contributed by atoms with Crippen LogP contribution in [0.1, 0.15) is 12.8 Å². The van der Waals surface area contributed by atoms with Crippen LogP contribution in [0.5, 0.6) is 0 Å². The van der Waals surface area contributed by atoms with Gasteiger partial charge in [-0.15, -0.1) is 23.5 Å². The van der Waals surface area contributed by atoms with Gasteiger partial charge in [0.05, 0.1) is 18.5 Å². The standard InChI is InChI=1S/C12H18N4O4S2/c13-7-3-9(17)15-12-16(8(11(19)20)1-2-21-12)4-6(5-22-12)14-10(7)18/h6-8H,1-5,13H2,(H,14,18)(H,15,17)(H,19,20). The van der Waals surface area contributed by atoms with E-state index < -0.39 is 22.4 Å². The van der Waals surface area contributed by atoms with Gasteiger partial charge in [-0.05, 0) is 12.2 Å². The van der Waals surface area contributed by atoms with Crippen molar-refractivity contribution in [2.75, 3.05) is 18.1 Å². The molecule has 22 heavy (non-hydrogen) atoms. The third-order valence-electron chi connectivity index (χ3n) is 4.01. The van der Waals surface area contributed by atoms with Crippen molar-refractivity contribution >= 4 is 41.3 Å². The summed E-state index contributed by atoms with van der Waals surface area (Å²) in [5, 5.41) is 15.2. The van der Waals surface area contributed by atoms with Gasteiger partial charge in [0.25, 0.3) is 0 Å². The molecule has 0 aromatic carbocycles. The van der Waals surface area contributed by atoms with Gasteiger partial charge in [0, 0.05) is 12.3 Å². The molecule has 2 amide bonds. The first-order valence-electron chi connectivity index (χ1n) is 7.06. The van der Waals surface area contributed by atoms with E-state index in [0.717, 1.165) is 0 Å². The highest BCUT2D eigenvalue weighted by Gasteiger charge is 2.52. The zero-order valence-electron chi connectivity index (χ0n) is 11.8. The molecule has 4 saturated heterocycles. The molecule has 4 heterocycles. The molecule has 4 aliphatic rings. The van der Waals surface area contributed by atoms with Crippen LogP contribution in [-0.4, -0.2) is 68.3 Å². The third kappa shape index (κ3) is 2.80. The second-order valence-corrected chi connectivity index (χ2v) is 8.36. The average molecular weight is 346 g/mol. The summed E-state index contributed by atoms with van der Waals surface area (Å²) in [5.41, 5.74) is 5.74. The van der Waals surface area contributed by atoms with E-state index in [1.807, 2.05) is 0 Å². The van der Waals surface area contributed by atoms with Crippen LogP contribution >= 0.6 is 23.5 Å². The lowest BCUT2D eigenvalue weighted by Crippen LogP contribution is -2.70. The molecule has 2 bridgehead atoms. The van der Waals surface area contributed by atoms with Gasteiger partial charge in [-0.3, -0.25) is 14.4 Å². The molecule has 1 spiro atoms. The van der Waals surface area contributed by atoms with E-state index in [1.165, 1.54) is 23.5 Å². The summed E-state index contributed by atoms with van der Waals surface area (Å²) in [6.45, 7) is 0.385. The van der Waals surface area contributed by atoms with E-state index in [9.17, 15) is 19.5 Å². The molecule has 0 aliphatic carbocycles. The smallest absolute Gasteiger partial charge is 0.321 e. The zero-order chi connectivity index (χ0) is 15.9. The number of carbonyl (C=O) groups is 3. The molecule has 4 atom stereocenters. The molecule has 8 nitrogen and oxygen atoms in total. The number of carboxylic acid groups (broad SMARTS) is 1. The van der Waals surface area contributed by atoms with E-state index in [4.69, 9.17) is 5.73 Å². The molecule has 4 unspecified atom stereocenters. The first kappa shape index (κ1) is 15.9. The third-order valence-corrected chi connectivity index (χ3v) is 7.18. The maximum absolute atomic E-state index is 12.2. The molecular weight excluding hydrogens is 328 g/mol. The van der Waals surface area contributed by atoms with Crippen molar-refractivity contribution in [3.8, 4) is 0 Å². The molecule has 4 rings (SSSR count). The number of thioether (sulfide) groups is 2. The number of rotatable bonds is 1. The molecular formula is C12H18N4O4S2. The van der Waals surface area contributed by atoms with Crippen molar-refractivity contribution in [1.82, 2.24) is 15.5 Å². The summed E-state index contributed by atoms with van der Waals surface area (Å²) in [7, 11) is 0. The Labute approximate surface area is 135 Å². The Kier molecular flexibility index (Phi) is 4.27. The summed E-state index contributed by atoms with van der Waals surface area (Å²) < 4.78 is -0.781. The molecule has 0 aromatic rings. The quantitative estimate of drug-likeness (QED) is 0.455. The van der Waals surface area contributed by atoms with Crippen LogP contribution in [0.15, 0.2) is 0 Å². The van der Waals surface area contributed by atoms with Crippen LogP contribution < -0.4 is 16.4 Å². The Balaban J connectivity index is 1.94. The predicted octanol–water partition coefficient (Wildman–Crippen LogP) is -1.43. The van der Waals surface area contributed by atoms with Crippen LogP contribution in [0.25, 0.3) is 0 Å². The van der Waals surface area contributed by atoms with Crippen molar-refractivity contribution in [3.05, 3.63) is 0 Å². The van der Waals surface area contributed by atoms with Crippen molar-refractivity contribution < 1.29 is 19.5 Å². The van der Waals surface area contributed by atoms with E-state index in [-0.39, 0.29) is 24.3 Å². The Morgan fingerprint density at radius 3 is 2.91 bits per heavy atom. The molecule has 0 radical (unpaired) electrons. The van der Waals surface area contributed by atoms with Gasteiger partial charge in [0.2, 0.25) is 11.8 Å². The number of fused-ring (bicyclic) bond motifs is 6. The normalized spacial score (nSPS) is 39.6. The average Bonchev–Trinajstić information content (AvgIpc) is 2.45. The highest BCUT2D eigenvalue weighted by atomic mass is 32.2. The Hall–Kier alpha value is -0.970. The van der Waals surface area contributed by atoms with E-state index in [2.05, 4.69) is 10.6 Å². The second kappa shape index (κ2) is 5.91. The highest BCUT2D eigenvalue weighted by molar-refractivity contribution is 8.18. The molecule has 0 aromatic heterocycles. The monoisotopic (exact) mass is 346 g/mol. The van der Waals surface area contributed by atoms with Gasteiger partial charge < -0.3 is 21.5 Å². The first-order chi connectivity index (χ1) is 10.4. The molecule has 10 heteroatoms. The second-order valence-electron chi connectivity index (χ2n) is 5.60. The number of nitrogens with two attached hydrogens (primary N) is 1. The molecule has 4 fully saturated rings. The number of hydrogen-bond acceptors (Lipinski definition) is 7. The first-order valence-corrected chi connectivity index (χ1v) is 9.03. The molecule has 4 aliphatic heterocycles. The van der Waals surface area contributed by atoms with E-state index in [1.54, 1.807) is 4.90 Å². The molecule has 5 N–H and O–H groups in total. The number of carbonyl (C=O) groups excluding carboxylic acids is 2. The van der Waals surface area contributed by atoms with Crippen LogP contribution in [0.3, 0.4) is 0 Å². The van der Waals surface area contributed by atoms with Gasteiger partial charge in [-0.2, -0.15) is 0 Å². The summed E-state index contributed by atoms with van der Waals surface area (Å²) in [4.78, 5) is 37.5. The van der Waals surface area contributed by atoms with Crippen molar-refractivity contribution in [3.63, 3.8) is 0 Å². The lowest BCUT2D eigenvalue weighted by molar-refractivity contribution is -0.146. The van der Waals surface area contributed by atoms with Crippen molar-refractivity contribution in [1.29, 1.82) is 0 Å². The minimum atomic E-state index is -0.903. The maximum Gasteiger partial charge on any atom is 0.321 e. The van der Waals surface area contributed by atoms with Crippen LogP contribution in [0, 0.1) is 0 Å². The van der Waals surface area contributed by atoms with Gasteiger partial charge >= 0.3 is 5.97 Å². The van der Waals surface area contributed by atoms with Gasteiger partial charge in [0.1, 0.15) is 6.04 Å². The Morgan fingerprint density at radius 2 is 2.18 bits per heavy atom. The Morgan fingerprint density at radius 1 is 1.41 bits per heavy atom. The fourth-order valence-corrected chi connectivity index (χ4v) is 6.07. The number of amides is 2. The summed E-state index contributed by atoms with van der Waals surface area (Å²) in [5.74, 6) is -0.343. The fourth-order valence-electron chi connectivity index (χ4n) is 2.94. The van der Waals surface area contributed by atoms with E-state index in [0.29, 0.717) is 24.5 Å². The summed E-state index contributed by atoms with van der Waals surface area (Å²) in [6, 6.07) is -1.72. The van der Waals surface area contributed by atoms with Crippen molar-refractivity contribution in [2.45, 2.75) is 35.3 Å². The van der Waals surface area contributed by atoms with Gasteiger partial charge in [-0.1, -0.05) is 0 Å². The van der Waals surface area contributed by atoms with Crippen LogP contribution in [0.2, 0.25) is 0 Å². The number of carboxylic acids is 1. The van der Waals surface area contributed by atoms with Gasteiger partial charge in [0.15, 0.2) is 4.33 Å². The SMILES string of the molecule is NC1CC(=O)NC23SCCC(C(=O)O)N2CC(CS3)NC1=O. The lowest BCUT2D eigenvalue weighted by Gasteiger charge is -2.53. The number of nitrogens with zero attached hydrogens (tertiary/aromatic N) is 1. The Bertz CT molecular complexity index is 519. The maximum atomic E-state index is 12.2. The molecule has 0 saturated carbocycles. The largest absolute Gasteiger partial charge is 0.480 e. The number of aliphatic carboxylic acids is 1. The van der Waals surface area contributed by atoms with Crippen LogP contribution in [0.4, 0.5) is 0 Å². The zero-order valence-corrected chi connectivity index (χ0v) is 13.4. The summed E-state index contributed by atoms with van der Waals surface area (Å²) in [6.07, 6.45) is 0.408. The minimum Gasteiger partial charge on any atom is -0.480 e. The molecule has 122 valence electrons. The lowest BCUT2D eigenvalue weighted by atomic mass is 10.1. The van der Waals surface area contributed by atoms with Gasteiger partial charge in [-0.25, -0.2) is 4.90 Å². The predicted molar refractivity (Wildman–Crippen MR) is 83.1 cm³/mol. The highest BCUT2D eigenvalue weighted by Crippen LogP contribution is 2.47. The fraction of sp³-hybridized carbons (Fsp3) is 0.750.